The lowest BCUT2D eigenvalue weighted by Gasteiger charge is -2.38. The summed E-state index contributed by atoms with van der Waals surface area (Å²) in [7, 11) is -7.31. The summed E-state index contributed by atoms with van der Waals surface area (Å²) in [6, 6.07) is 9.12. The fraction of sp³-hybridized carbons (Fsp3) is 0.613. The van der Waals surface area contributed by atoms with Gasteiger partial charge in [-0.05, 0) is 73.4 Å². The monoisotopic (exact) mass is 698 g/mol. The number of carbonyl (C=O) groups is 2. The van der Waals surface area contributed by atoms with Crippen molar-refractivity contribution < 1.29 is 35.7 Å². The van der Waals surface area contributed by atoms with Crippen LogP contribution in [-0.2, 0) is 39.4 Å². The van der Waals surface area contributed by atoms with Crippen molar-refractivity contribution in [2.24, 2.45) is 0 Å². The molecule has 1 aliphatic heterocycles. The molecule has 0 atom stereocenters. The van der Waals surface area contributed by atoms with Gasteiger partial charge >= 0.3 is 0 Å². The Balaban J connectivity index is 0.000000254. The molecule has 2 N–H and O–H groups in total. The zero-order valence-corrected chi connectivity index (χ0v) is 30.6. The first kappa shape index (κ1) is 37.6. The fourth-order valence-corrected chi connectivity index (χ4v) is 9.24. The summed E-state index contributed by atoms with van der Waals surface area (Å²) in [5, 5.41) is 8.82. The highest BCUT2D eigenvalue weighted by molar-refractivity contribution is 7.95. The van der Waals surface area contributed by atoms with Crippen LogP contribution < -0.4 is 10.6 Å². The van der Waals surface area contributed by atoms with E-state index in [1.54, 1.807) is 26.8 Å². The molecule has 0 aliphatic carbocycles. The Morgan fingerprint density at radius 3 is 2.00 bits per heavy atom. The Labute approximate surface area is 275 Å². The van der Waals surface area contributed by atoms with Gasteiger partial charge in [0, 0.05) is 24.7 Å². The van der Waals surface area contributed by atoms with Gasteiger partial charge in [-0.3, -0.25) is 9.59 Å². The summed E-state index contributed by atoms with van der Waals surface area (Å²) < 4.78 is 58.3. The van der Waals surface area contributed by atoms with Gasteiger partial charge in [-0.15, -0.1) is 0 Å². The van der Waals surface area contributed by atoms with Gasteiger partial charge in [0.2, 0.25) is 11.8 Å². The zero-order valence-electron chi connectivity index (χ0n) is 28.2. The molecular formula is C31H46N4O8S3. The smallest absolute Gasteiger partial charge is 0.247 e. The van der Waals surface area contributed by atoms with E-state index < -0.39 is 51.0 Å². The van der Waals surface area contributed by atoms with E-state index >= 15 is 0 Å². The minimum Gasteiger partial charge on any atom is -0.381 e. The molecule has 3 aromatic rings. The van der Waals surface area contributed by atoms with E-state index in [2.05, 4.69) is 20.8 Å². The maximum Gasteiger partial charge on any atom is 0.247 e. The molecule has 2 aromatic heterocycles. The summed E-state index contributed by atoms with van der Waals surface area (Å²) >= 11 is 1.32. The van der Waals surface area contributed by atoms with Crippen LogP contribution in [0.5, 0.6) is 0 Å². The molecule has 15 heteroatoms. The Hall–Kier alpha value is -2.88. The maximum absolute atomic E-state index is 13.2. The number of nitrogens with zero attached hydrogens (tertiary/aromatic N) is 2. The number of hydrogen-bond donors (Lipinski definition) is 2. The molecule has 1 aromatic carbocycles. The van der Waals surface area contributed by atoms with Gasteiger partial charge in [-0.25, -0.2) is 21.8 Å². The molecule has 46 heavy (non-hydrogen) atoms. The number of rotatable bonds is 8. The average molecular weight is 699 g/mol. The van der Waals surface area contributed by atoms with Gasteiger partial charge in [0.25, 0.3) is 0 Å². The third-order valence-electron chi connectivity index (χ3n) is 8.30. The number of nitrogens with one attached hydrogen (secondary N) is 2. The van der Waals surface area contributed by atoms with Crippen molar-refractivity contribution in [3.05, 3.63) is 36.1 Å². The first-order valence-corrected chi connectivity index (χ1v) is 18.8. The molecule has 3 heterocycles. The Morgan fingerprint density at radius 2 is 1.48 bits per heavy atom. The van der Waals surface area contributed by atoms with Gasteiger partial charge in [-0.1, -0.05) is 49.4 Å². The molecule has 0 spiro atoms. The number of ether oxygens (including phenoxy) is 1. The highest BCUT2D eigenvalue weighted by Gasteiger charge is 2.53. The average Bonchev–Trinajstić information content (AvgIpc) is 3.60. The largest absolute Gasteiger partial charge is 0.381 e. The van der Waals surface area contributed by atoms with Crippen LogP contribution in [0.2, 0.25) is 0 Å². The summed E-state index contributed by atoms with van der Waals surface area (Å²) in [5.41, 5.74) is 0.523. The van der Waals surface area contributed by atoms with Gasteiger partial charge in [0.15, 0.2) is 30.6 Å². The SMILES string of the molecule is CC(C)(C)c1cc(NC(=O)C(C)(C)S(=O)(=O)C2(C)CCOCC2)no1.CC(C)S(=O)(=O)C(C)(C)C(=O)Nc1nc2ccccc2s1. The van der Waals surface area contributed by atoms with E-state index in [4.69, 9.17) is 9.26 Å². The Kier molecular flexibility index (Phi) is 10.9. The molecule has 2 amide bonds. The number of hydrogen-bond acceptors (Lipinski definition) is 11. The van der Waals surface area contributed by atoms with Gasteiger partial charge in [0.05, 0.1) is 20.2 Å². The van der Waals surface area contributed by atoms with Crippen molar-refractivity contribution in [1.82, 2.24) is 10.1 Å². The molecule has 12 nitrogen and oxygen atoms in total. The molecular weight excluding hydrogens is 653 g/mol. The molecule has 0 bridgehead atoms. The van der Waals surface area contributed by atoms with Crippen LogP contribution in [0.15, 0.2) is 34.9 Å². The first-order chi connectivity index (χ1) is 21.0. The van der Waals surface area contributed by atoms with Crippen LogP contribution >= 0.6 is 11.3 Å². The highest BCUT2D eigenvalue weighted by Crippen LogP contribution is 2.38. The van der Waals surface area contributed by atoms with Crippen LogP contribution in [0, 0.1) is 0 Å². The van der Waals surface area contributed by atoms with E-state index in [0.29, 0.717) is 36.9 Å². The molecule has 1 fully saturated rings. The molecule has 4 rings (SSSR count). The maximum atomic E-state index is 13.2. The fourth-order valence-electron chi connectivity index (χ4n) is 4.66. The van der Waals surface area contributed by atoms with E-state index in [0.717, 1.165) is 10.2 Å². The van der Waals surface area contributed by atoms with E-state index in [-0.39, 0.29) is 11.2 Å². The van der Waals surface area contributed by atoms with Crippen LogP contribution in [0.1, 0.15) is 87.8 Å². The second kappa shape index (κ2) is 13.3. The summed E-state index contributed by atoms with van der Waals surface area (Å²) in [6.07, 6.45) is 0.758. The van der Waals surface area contributed by atoms with Crippen molar-refractivity contribution in [1.29, 1.82) is 0 Å². The quantitative estimate of drug-likeness (QED) is 0.305. The van der Waals surface area contributed by atoms with Crippen molar-refractivity contribution in [2.75, 3.05) is 23.8 Å². The Morgan fingerprint density at radius 1 is 0.913 bits per heavy atom. The van der Waals surface area contributed by atoms with Crippen LogP contribution in [-0.4, -0.2) is 71.5 Å². The number of anilines is 2. The predicted molar refractivity (Wildman–Crippen MR) is 182 cm³/mol. The summed E-state index contributed by atoms with van der Waals surface area (Å²) in [5.74, 6) is -0.348. The van der Waals surface area contributed by atoms with Gasteiger partial charge < -0.3 is 19.9 Å². The zero-order chi connectivity index (χ0) is 34.9. The van der Waals surface area contributed by atoms with Crippen molar-refractivity contribution in [3.8, 4) is 0 Å². The normalized spacial score (nSPS) is 16.1. The van der Waals surface area contributed by atoms with E-state index in [1.165, 1.54) is 39.0 Å². The van der Waals surface area contributed by atoms with Crippen LogP contribution in [0.3, 0.4) is 0 Å². The van der Waals surface area contributed by atoms with Gasteiger partial charge in [0.1, 0.15) is 15.3 Å². The molecule has 1 aliphatic rings. The van der Waals surface area contributed by atoms with Crippen molar-refractivity contribution in [2.45, 2.75) is 107 Å². The summed E-state index contributed by atoms with van der Waals surface area (Å²) in [4.78, 5) is 29.3. The summed E-state index contributed by atoms with van der Waals surface area (Å²) in [6.45, 7) is 17.2. The number of fused-ring (bicyclic) bond motifs is 1. The second-order valence-electron chi connectivity index (χ2n) is 13.9. The standard InChI is InChI=1S/C17H28N2O5S.C14H18N2O3S2/c1-15(2,3)12-11-13(19-24-12)18-14(20)16(4,5)25(21,22)17(6)7-9-23-10-8-17;1-9(2)21(18,19)14(3,4)12(17)16-13-15-10-7-5-6-8-11(10)20-13/h11H,7-10H2,1-6H3,(H,18,19,20);5-9H,1-4H3,(H,15,16,17). The number of aromatic nitrogens is 2. The van der Waals surface area contributed by atoms with Gasteiger partial charge in [-0.2, -0.15) is 0 Å². The van der Waals surface area contributed by atoms with Crippen LogP contribution in [0.25, 0.3) is 10.2 Å². The topological polar surface area (TPSA) is 175 Å². The third kappa shape index (κ3) is 7.47. The van der Waals surface area contributed by atoms with E-state index in [9.17, 15) is 26.4 Å². The lowest BCUT2D eigenvalue weighted by Crippen LogP contribution is -2.55. The number of thiazole rings is 1. The van der Waals surface area contributed by atoms with Crippen molar-refractivity contribution in [3.63, 3.8) is 0 Å². The lowest BCUT2D eigenvalue weighted by molar-refractivity contribution is -0.118. The molecule has 256 valence electrons. The molecule has 0 saturated carbocycles. The number of para-hydroxylation sites is 1. The molecule has 1 saturated heterocycles. The second-order valence-corrected chi connectivity index (χ2v) is 21.0. The number of carbonyl (C=O) groups excluding carboxylic acids is 2. The molecule has 0 unspecified atom stereocenters. The third-order valence-corrected chi connectivity index (χ3v) is 15.3. The Bertz CT molecular complexity index is 1740. The minimum atomic E-state index is -3.75. The predicted octanol–water partition coefficient (Wildman–Crippen LogP) is 5.51. The minimum absolute atomic E-state index is 0.218. The van der Waals surface area contributed by atoms with Crippen molar-refractivity contribution >= 4 is 64.0 Å². The highest BCUT2D eigenvalue weighted by atomic mass is 32.2. The number of amides is 2. The lowest BCUT2D eigenvalue weighted by atomic mass is 9.93. The van der Waals surface area contributed by atoms with Crippen LogP contribution in [0.4, 0.5) is 10.9 Å². The first-order valence-electron chi connectivity index (χ1n) is 15.0. The number of benzene rings is 1. The number of sulfone groups is 2. The van der Waals surface area contributed by atoms with E-state index in [1.807, 2.05) is 45.0 Å². The molecule has 0 radical (unpaired) electrons.